The molecule has 0 aliphatic carbocycles. The third kappa shape index (κ3) is 4.87. The summed E-state index contributed by atoms with van der Waals surface area (Å²) in [6, 6.07) is 0.435. The van der Waals surface area contributed by atoms with E-state index >= 15 is 0 Å². The van der Waals surface area contributed by atoms with Gasteiger partial charge in [-0.3, -0.25) is 0 Å². The summed E-state index contributed by atoms with van der Waals surface area (Å²) in [5.74, 6) is 1.14. The van der Waals surface area contributed by atoms with Gasteiger partial charge in [0.1, 0.15) is 0 Å². The van der Waals surface area contributed by atoms with Crippen molar-refractivity contribution in [2.45, 2.75) is 59.1 Å². The fraction of sp³-hybridized carbons (Fsp3) is 1.00. The quantitative estimate of drug-likeness (QED) is 0.725. The van der Waals surface area contributed by atoms with Gasteiger partial charge in [-0.15, -0.1) is 0 Å². The minimum atomic E-state index is 0.299. The van der Waals surface area contributed by atoms with Crippen molar-refractivity contribution in [3.63, 3.8) is 0 Å². The third-order valence-corrected chi connectivity index (χ3v) is 3.70. The Morgan fingerprint density at radius 3 is 2.61 bits per heavy atom. The predicted molar refractivity (Wildman–Crippen MR) is 75.9 cm³/mol. The molecule has 1 heterocycles. The molecule has 3 atom stereocenters. The molecule has 108 valence electrons. The highest BCUT2D eigenvalue weighted by Gasteiger charge is 2.32. The van der Waals surface area contributed by atoms with E-state index in [-0.39, 0.29) is 0 Å². The summed E-state index contributed by atoms with van der Waals surface area (Å²) >= 11 is 0. The van der Waals surface area contributed by atoms with Crippen molar-refractivity contribution in [2.75, 3.05) is 26.4 Å². The van der Waals surface area contributed by atoms with Crippen LogP contribution in [0.1, 0.15) is 47.0 Å². The fourth-order valence-electron chi connectivity index (χ4n) is 2.81. The van der Waals surface area contributed by atoms with Gasteiger partial charge in [0.05, 0.1) is 12.7 Å². The Morgan fingerprint density at radius 2 is 2.11 bits per heavy atom. The zero-order chi connectivity index (χ0) is 13.4. The highest BCUT2D eigenvalue weighted by Crippen LogP contribution is 2.24. The Bertz CT molecular complexity index is 203. The van der Waals surface area contributed by atoms with Gasteiger partial charge in [0.15, 0.2) is 0 Å². The van der Waals surface area contributed by atoms with Crippen LogP contribution in [0.15, 0.2) is 0 Å². The first-order valence-corrected chi connectivity index (χ1v) is 7.63. The van der Waals surface area contributed by atoms with Crippen LogP contribution in [-0.2, 0) is 9.47 Å². The molecule has 18 heavy (non-hydrogen) atoms. The first kappa shape index (κ1) is 15.9. The topological polar surface area (TPSA) is 30.5 Å². The molecule has 3 nitrogen and oxygen atoms in total. The first-order chi connectivity index (χ1) is 8.70. The molecule has 0 radical (unpaired) electrons. The summed E-state index contributed by atoms with van der Waals surface area (Å²) in [4.78, 5) is 0. The van der Waals surface area contributed by atoms with Crippen molar-refractivity contribution in [2.24, 2.45) is 11.8 Å². The molecule has 0 aromatic rings. The summed E-state index contributed by atoms with van der Waals surface area (Å²) in [5.41, 5.74) is 0. The van der Waals surface area contributed by atoms with Crippen molar-refractivity contribution in [1.29, 1.82) is 0 Å². The highest BCUT2D eigenvalue weighted by atomic mass is 16.5. The van der Waals surface area contributed by atoms with Crippen LogP contribution in [0.25, 0.3) is 0 Å². The van der Waals surface area contributed by atoms with Gasteiger partial charge in [-0.25, -0.2) is 0 Å². The molecule has 0 spiro atoms. The predicted octanol–water partition coefficient (Wildman–Crippen LogP) is 2.84. The van der Waals surface area contributed by atoms with Crippen LogP contribution in [0, 0.1) is 11.8 Å². The van der Waals surface area contributed by atoms with Crippen molar-refractivity contribution < 1.29 is 9.47 Å². The van der Waals surface area contributed by atoms with Crippen LogP contribution >= 0.6 is 0 Å². The SMILES string of the molecule is CCCNC(C1CCCOC1)C(OCC)C(C)C. The fourth-order valence-corrected chi connectivity index (χ4v) is 2.81. The number of rotatable bonds is 8. The van der Waals surface area contributed by atoms with Gasteiger partial charge in [-0.05, 0) is 38.6 Å². The van der Waals surface area contributed by atoms with E-state index in [9.17, 15) is 0 Å². The van der Waals surface area contributed by atoms with Crippen molar-refractivity contribution >= 4 is 0 Å². The van der Waals surface area contributed by atoms with E-state index in [1.54, 1.807) is 0 Å². The summed E-state index contributed by atoms with van der Waals surface area (Å²) in [5, 5.41) is 3.70. The molecule has 0 aromatic carbocycles. The minimum absolute atomic E-state index is 0.299. The maximum Gasteiger partial charge on any atom is 0.0754 e. The Labute approximate surface area is 113 Å². The van der Waals surface area contributed by atoms with Crippen LogP contribution < -0.4 is 5.32 Å². The smallest absolute Gasteiger partial charge is 0.0754 e. The number of hydrogen-bond acceptors (Lipinski definition) is 3. The lowest BCUT2D eigenvalue weighted by Gasteiger charge is -2.38. The standard InChI is InChI=1S/C15H31NO2/c1-5-9-16-14(13-8-7-10-17-11-13)15(12(3)4)18-6-2/h12-16H,5-11H2,1-4H3. The molecule has 1 fully saturated rings. The first-order valence-electron chi connectivity index (χ1n) is 7.63. The minimum Gasteiger partial charge on any atom is -0.381 e. The van der Waals surface area contributed by atoms with Crippen LogP contribution in [-0.4, -0.2) is 38.5 Å². The average Bonchev–Trinajstić information content (AvgIpc) is 2.39. The van der Waals surface area contributed by atoms with Gasteiger partial charge >= 0.3 is 0 Å². The van der Waals surface area contributed by atoms with E-state index in [4.69, 9.17) is 9.47 Å². The van der Waals surface area contributed by atoms with E-state index in [2.05, 4.69) is 33.0 Å². The van der Waals surface area contributed by atoms with E-state index in [1.807, 2.05) is 0 Å². The number of ether oxygens (including phenoxy) is 2. The zero-order valence-corrected chi connectivity index (χ0v) is 12.6. The second-order valence-electron chi connectivity index (χ2n) is 5.62. The van der Waals surface area contributed by atoms with Gasteiger partial charge in [-0.1, -0.05) is 20.8 Å². The molecule has 3 unspecified atom stereocenters. The molecule has 1 N–H and O–H groups in total. The molecule has 3 heteroatoms. The lowest BCUT2D eigenvalue weighted by molar-refractivity contribution is -0.0415. The normalized spacial score (nSPS) is 24.2. The molecule has 1 aliphatic rings. The molecular weight excluding hydrogens is 226 g/mol. The van der Waals surface area contributed by atoms with Gasteiger partial charge in [0.25, 0.3) is 0 Å². The summed E-state index contributed by atoms with van der Waals surface area (Å²) < 4.78 is 11.7. The van der Waals surface area contributed by atoms with Crippen LogP contribution in [0.5, 0.6) is 0 Å². The van der Waals surface area contributed by atoms with Gasteiger partial charge < -0.3 is 14.8 Å². The lowest BCUT2D eigenvalue weighted by atomic mass is 9.85. The second-order valence-corrected chi connectivity index (χ2v) is 5.62. The highest BCUT2D eigenvalue weighted by molar-refractivity contribution is 4.87. The molecule has 0 bridgehead atoms. The van der Waals surface area contributed by atoms with E-state index in [0.717, 1.165) is 26.4 Å². The molecule has 0 aromatic heterocycles. The number of hydrogen-bond donors (Lipinski definition) is 1. The summed E-state index contributed by atoms with van der Waals surface area (Å²) in [6.45, 7) is 12.5. The molecule has 0 saturated carbocycles. The summed E-state index contributed by atoms with van der Waals surface area (Å²) in [7, 11) is 0. The van der Waals surface area contributed by atoms with E-state index in [1.165, 1.54) is 19.3 Å². The third-order valence-electron chi connectivity index (χ3n) is 3.70. The Balaban J connectivity index is 2.66. The van der Waals surface area contributed by atoms with Crippen molar-refractivity contribution in [3.05, 3.63) is 0 Å². The molecular formula is C15H31NO2. The van der Waals surface area contributed by atoms with Crippen LogP contribution in [0.3, 0.4) is 0 Å². The summed E-state index contributed by atoms with van der Waals surface area (Å²) in [6.07, 6.45) is 3.91. The second kappa shape index (κ2) is 8.89. The van der Waals surface area contributed by atoms with Crippen LogP contribution in [0.2, 0.25) is 0 Å². The lowest BCUT2D eigenvalue weighted by Crippen LogP contribution is -2.51. The van der Waals surface area contributed by atoms with Crippen LogP contribution in [0.4, 0.5) is 0 Å². The Kier molecular flexibility index (Phi) is 7.87. The largest absolute Gasteiger partial charge is 0.381 e. The maximum absolute atomic E-state index is 6.00. The average molecular weight is 257 g/mol. The van der Waals surface area contributed by atoms with Gasteiger partial charge in [-0.2, -0.15) is 0 Å². The van der Waals surface area contributed by atoms with Crippen molar-refractivity contribution in [3.8, 4) is 0 Å². The molecule has 1 saturated heterocycles. The molecule has 0 amide bonds. The maximum atomic E-state index is 6.00. The molecule has 1 aliphatic heterocycles. The van der Waals surface area contributed by atoms with Gasteiger partial charge in [0.2, 0.25) is 0 Å². The van der Waals surface area contributed by atoms with Crippen molar-refractivity contribution in [1.82, 2.24) is 5.32 Å². The van der Waals surface area contributed by atoms with Gasteiger partial charge in [0, 0.05) is 25.2 Å². The monoisotopic (exact) mass is 257 g/mol. The van der Waals surface area contributed by atoms with E-state index < -0.39 is 0 Å². The zero-order valence-electron chi connectivity index (χ0n) is 12.6. The Hall–Kier alpha value is -0.120. The number of nitrogens with one attached hydrogen (secondary N) is 1. The van der Waals surface area contributed by atoms with E-state index in [0.29, 0.717) is 24.0 Å². The molecule has 1 rings (SSSR count). The Morgan fingerprint density at radius 1 is 1.33 bits per heavy atom.